The number of carbonyl (C=O) groups excluding carboxylic acids is 2. The largest absolute Gasteiger partial charge is 0.506 e. The van der Waals surface area contributed by atoms with Crippen molar-refractivity contribution in [2.45, 2.75) is 13.3 Å². The van der Waals surface area contributed by atoms with Gasteiger partial charge in [-0.1, -0.05) is 23.7 Å². The van der Waals surface area contributed by atoms with Gasteiger partial charge in [0, 0.05) is 11.5 Å². The van der Waals surface area contributed by atoms with Crippen molar-refractivity contribution >= 4 is 40.1 Å². The maximum Gasteiger partial charge on any atom is 0.340 e. The van der Waals surface area contributed by atoms with Crippen LogP contribution >= 0.6 is 11.6 Å². The standard InChI is InChI=1S/C19H15ClN2O5/c1-9-11-6-13(20)15(23)8-16(11)27-19(26)12(9)7-17(24)22-14-5-3-2-4-10(14)18(21)25/h2-6,8,23H,7H2,1H3,(H2,21,25)(H,22,24). The number of anilines is 1. The van der Waals surface area contributed by atoms with Crippen LogP contribution in [0.3, 0.4) is 0 Å². The molecular formula is C19H15ClN2O5. The molecule has 1 heterocycles. The van der Waals surface area contributed by atoms with Gasteiger partial charge in [0.05, 0.1) is 28.3 Å². The van der Waals surface area contributed by atoms with Crippen molar-refractivity contribution in [3.63, 3.8) is 0 Å². The number of hydrogen-bond acceptors (Lipinski definition) is 5. The molecule has 0 atom stereocenters. The van der Waals surface area contributed by atoms with Crippen LogP contribution in [0.4, 0.5) is 5.69 Å². The molecule has 0 fully saturated rings. The average Bonchev–Trinajstić information content (AvgIpc) is 2.61. The number of benzene rings is 2. The van der Waals surface area contributed by atoms with Gasteiger partial charge in [0.15, 0.2) is 0 Å². The number of halogens is 1. The number of phenols is 1. The lowest BCUT2D eigenvalue weighted by molar-refractivity contribution is -0.115. The van der Waals surface area contributed by atoms with Crippen molar-refractivity contribution in [1.29, 1.82) is 0 Å². The van der Waals surface area contributed by atoms with Gasteiger partial charge in [0.1, 0.15) is 11.3 Å². The lowest BCUT2D eigenvalue weighted by Crippen LogP contribution is -2.22. The van der Waals surface area contributed by atoms with E-state index in [0.29, 0.717) is 10.9 Å². The van der Waals surface area contributed by atoms with Crippen LogP contribution in [0.2, 0.25) is 5.02 Å². The number of amides is 2. The Labute approximate surface area is 158 Å². The Morgan fingerprint density at radius 1 is 1.26 bits per heavy atom. The first-order chi connectivity index (χ1) is 12.8. The van der Waals surface area contributed by atoms with Crippen LogP contribution in [0.15, 0.2) is 45.6 Å². The molecule has 2 amide bonds. The van der Waals surface area contributed by atoms with Gasteiger partial charge in [-0.25, -0.2) is 4.79 Å². The Bertz CT molecular complexity index is 1140. The summed E-state index contributed by atoms with van der Waals surface area (Å²) in [6, 6.07) is 9.01. The number of para-hydroxylation sites is 1. The molecule has 0 spiro atoms. The molecule has 3 aromatic rings. The Balaban J connectivity index is 1.95. The van der Waals surface area contributed by atoms with Crippen LogP contribution in [0, 0.1) is 6.92 Å². The van der Waals surface area contributed by atoms with E-state index in [2.05, 4.69) is 5.32 Å². The quantitative estimate of drug-likeness (QED) is 0.595. The fourth-order valence-corrected chi connectivity index (χ4v) is 2.93. The molecule has 0 saturated heterocycles. The van der Waals surface area contributed by atoms with Crippen molar-refractivity contribution in [3.8, 4) is 5.75 Å². The molecule has 0 unspecified atom stereocenters. The van der Waals surface area contributed by atoms with Crippen molar-refractivity contribution < 1.29 is 19.1 Å². The Morgan fingerprint density at radius 2 is 1.96 bits per heavy atom. The van der Waals surface area contributed by atoms with Crippen molar-refractivity contribution in [2.75, 3.05) is 5.32 Å². The second kappa shape index (κ2) is 7.13. The monoisotopic (exact) mass is 386 g/mol. The first-order valence-electron chi connectivity index (χ1n) is 7.91. The Hall–Kier alpha value is -3.32. The highest BCUT2D eigenvalue weighted by molar-refractivity contribution is 6.32. The molecule has 0 bridgehead atoms. The summed E-state index contributed by atoms with van der Waals surface area (Å²) >= 11 is 5.92. The van der Waals surface area contributed by atoms with Crippen LogP contribution in [0.1, 0.15) is 21.5 Å². The fraction of sp³-hybridized carbons (Fsp3) is 0.105. The van der Waals surface area contributed by atoms with Gasteiger partial charge in [-0.15, -0.1) is 0 Å². The molecule has 3 rings (SSSR count). The van der Waals surface area contributed by atoms with E-state index in [9.17, 15) is 19.5 Å². The average molecular weight is 387 g/mol. The maximum atomic E-state index is 12.4. The van der Waals surface area contributed by atoms with Crippen molar-refractivity contribution in [3.05, 3.63) is 68.5 Å². The van der Waals surface area contributed by atoms with Crippen LogP contribution in [-0.4, -0.2) is 16.9 Å². The van der Waals surface area contributed by atoms with E-state index in [0.717, 1.165) is 0 Å². The van der Waals surface area contributed by atoms with Crippen molar-refractivity contribution in [2.24, 2.45) is 5.73 Å². The van der Waals surface area contributed by atoms with E-state index in [1.54, 1.807) is 19.1 Å². The van der Waals surface area contributed by atoms with E-state index in [-0.39, 0.29) is 39.6 Å². The first-order valence-corrected chi connectivity index (χ1v) is 8.29. The van der Waals surface area contributed by atoms with Gasteiger partial charge in [-0.05, 0) is 30.7 Å². The first kappa shape index (κ1) is 18.5. The summed E-state index contributed by atoms with van der Waals surface area (Å²) in [5, 5.41) is 12.8. The minimum absolute atomic E-state index is 0.102. The second-order valence-electron chi connectivity index (χ2n) is 5.93. The van der Waals surface area contributed by atoms with Crippen LogP contribution in [0.5, 0.6) is 5.75 Å². The molecule has 0 radical (unpaired) electrons. The molecule has 8 heteroatoms. The Kier molecular flexibility index (Phi) is 4.87. The zero-order valence-electron chi connectivity index (χ0n) is 14.2. The number of hydrogen-bond donors (Lipinski definition) is 3. The maximum absolute atomic E-state index is 12.4. The number of aromatic hydroxyl groups is 1. The van der Waals surface area contributed by atoms with Crippen LogP contribution < -0.4 is 16.7 Å². The molecule has 138 valence electrons. The highest BCUT2D eigenvalue weighted by Gasteiger charge is 2.17. The second-order valence-corrected chi connectivity index (χ2v) is 6.33. The molecule has 7 nitrogen and oxygen atoms in total. The summed E-state index contributed by atoms with van der Waals surface area (Å²) in [5.74, 6) is -1.40. The summed E-state index contributed by atoms with van der Waals surface area (Å²) in [7, 11) is 0. The number of phenolic OH excluding ortho intramolecular Hbond substituents is 1. The summed E-state index contributed by atoms with van der Waals surface area (Å²) in [5.41, 5.74) is 5.85. The number of primary amides is 1. The molecule has 27 heavy (non-hydrogen) atoms. The summed E-state index contributed by atoms with van der Waals surface area (Å²) < 4.78 is 5.19. The van der Waals surface area contributed by atoms with Gasteiger partial charge >= 0.3 is 5.63 Å². The molecule has 0 aliphatic carbocycles. The minimum atomic E-state index is -0.694. The van der Waals surface area contributed by atoms with Crippen LogP contribution in [-0.2, 0) is 11.2 Å². The minimum Gasteiger partial charge on any atom is -0.506 e. The number of nitrogens with one attached hydrogen (secondary N) is 1. The number of carbonyl (C=O) groups is 2. The third-order valence-corrected chi connectivity index (χ3v) is 4.46. The molecule has 1 aromatic heterocycles. The molecule has 0 aliphatic rings. The van der Waals surface area contributed by atoms with Gasteiger partial charge in [-0.3, -0.25) is 9.59 Å². The van der Waals surface area contributed by atoms with E-state index in [1.165, 1.54) is 24.3 Å². The van der Waals surface area contributed by atoms with E-state index >= 15 is 0 Å². The number of fused-ring (bicyclic) bond motifs is 1. The molecule has 0 saturated carbocycles. The van der Waals surface area contributed by atoms with Gasteiger partial charge in [0.25, 0.3) is 5.91 Å². The van der Waals surface area contributed by atoms with Crippen molar-refractivity contribution in [1.82, 2.24) is 0 Å². The normalized spacial score (nSPS) is 10.7. The summed E-state index contributed by atoms with van der Waals surface area (Å²) in [4.78, 5) is 36.1. The molecule has 0 aliphatic heterocycles. The Morgan fingerprint density at radius 3 is 2.67 bits per heavy atom. The smallest absolute Gasteiger partial charge is 0.340 e. The topological polar surface area (TPSA) is 123 Å². The lowest BCUT2D eigenvalue weighted by Gasteiger charge is -2.11. The predicted molar refractivity (Wildman–Crippen MR) is 101 cm³/mol. The number of aryl methyl sites for hydroxylation is 1. The zero-order chi connectivity index (χ0) is 19.7. The van der Waals surface area contributed by atoms with Gasteiger partial charge in [0.2, 0.25) is 5.91 Å². The third-order valence-electron chi connectivity index (χ3n) is 4.16. The summed E-state index contributed by atoms with van der Waals surface area (Å²) in [6.07, 6.45) is -0.268. The van der Waals surface area contributed by atoms with E-state index in [1.807, 2.05) is 0 Å². The van der Waals surface area contributed by atoms with Gasteiger partial charge < -0.3 is 20.6 Å². The fourth-order valence-electron chi connectivity index (χ4n) is 2.76. The molecule has 4 N–H and O–H groups in total. The summed E-state index contributed by atoms with van der Waals surface area (Å²) in [6.45, 7) is 1.66. The zero-order valence-corrected chi connectivity index (χ0v) is 15.0. The predicted octanol–water partition coefficient (Wildman–Crippen LogP) is 2.74. The molecular weight excluding hydrogens is 372 g/mol. The van der Waals surface area contributed by atoms with Crippen LogP contribution in [0.25, 0.3) is 11.0 Å². The highest BCUT2D eigenvalue weighted by Crippen LogP contribution is 2.30. The third kappa shape index (κ3) is 3.63. The SMILES string of the molecule is Cc1c(CC(=O)Nc2ccccc2C(N)=O)c(=O)oc2cc(O)c(Cl)cc12. The van der Waals surface area contributed by atoms with E-state index in [4.69, 9.17) is 21.8 Å². The lowest BCUT2D eigenvalue weighted by atomic mass is 10.0. The van der Waals surface area contributed by atoms with E-state index < -0.39 is 17.4 Å². The highest BCUT2D eigenvalue weighted by atomic mass is 35.5. The van der Waals surface area contributed by atoms with Gasteiger partial charge in [-0.2, -0.15) is 0 Å². The number of rotatable bonds is 4. The number of nitrogens with two attached hydrogens (primary N) is 1. The molecule has 2 aromatic carbocycles.